The van der Waals surface area contributed by atoms with Gasteiger partial charge in [-0.05, 0) is 35.7 Å². The first kappa shape index (κ1) is 24.9. The molecule has 6 heteroatoms. The number of aromatic nitrogens is 2. The summed E-state index contributed by atoms with van der Waals surface area (Å²) in [5.74, 6) is 2.25. The lowest BCUT2D eigenvalue weighted by molar-refractivity contribution is 0.174. The van der Waals surface area contributed by atoms with Gasteiger partial charge in [0.2, 0.25) is 6.79 Å². The fourth-order valence-electron chi connectivity index (χ4n) is 5.05. The summed E-state index contributed by atoms with van der Waals surface area (Å²) >= 11 is 0. The molecule has 5 aromatic rings. The predicted octanol–water partition coefficient (Wildman–Crippen LogP) is 6.86. The fraction of sp³-hybridized carbons (Fsp3) is 0.182. The van der Waals surface area contributed by atoms with Crippen LogP contribution in [0.3, 0.4) is 0 Å². The summed E-state index contributed by atoms with van der Waals surface area (Å²) in [5.41, 5.74) is 5.18. The molecule has 5 nitrogen and oxygen atoms in total. The van der Waals surface area contributed by atoms with Crippen molar-refractivity contribution < 1.29 is 13.9 Å². The summed E-state index contributed by atoms with van der Waals surface area (Å²) in [5, 5.41) is 0. The van der Waals surface area contributed by atoms with Gasteiger partial charge in [0.05, 0.1) is 11.9 Å². The Balaban J connectivity index is 1.32. The number of aryl methyl sites for hydroxylation is 1. The fourth-order valence-corrected chi connectivity index (χ4v) is 5.05. The van der Waals surface area contributed by atoms with E-state index in [0.29, 0.717) is 25.2 Å². The Morgan fingerprint density at radius 2 is 1.49 bits per heavy atom. The van der Waals surface area contributed by atoms with Crippen molar-refractivity contribution in [3.8, 4) is 22.9 Å². The maximum atomic E-state index is 14.7. The predicted molar refractivity (Wildman–Crippen MR) is 150 cm³/mol. The SMILES string of the molecule is Fc1ccccc1CN(Cc1ccc2c(c1)OCO2)Cc1cnc(-c2ccccc2)n1CCc1ccccc1. The Kier molecular flexibility index (Phi) is 7.36. The van der Waals surface area contributed by atoms with Crippen LogP contribution in [0, 0.1) is 5.82 Å². The van der Waals surface area contributed by atoms with E-state index >= 15 is 0 Å². The second kappa shape index (κ2) is 11.5. The molecule has 6 rings (SSSR count). The Hall–Kier alpha value is -4.42. The molecular formula is C33H30FN3O2. The molecule has 0 bridgehead atoms. The van der Waals surface area contributed by atoms with Gasteiger partial charge in [0.1, 0.15) is 11.6 Å². The van der Waals surface area contributed by atoms with Crippen molar-refractivity contribution in [3.63, 3.8) is 0 Å². The van der Waals surface area contributed by atoms with Crippen molar-refractivity contribution >= 4 is 0 Å². The smallest absolute Gasteiger partial charge is 0.231 e. The molecule has 0 saturated carbocycles. The summed E-state index contributed by atoms with van der Waals surface area (Å²) in [7, 11) is 0. The first-order chi connectivity index (χ1) is 19.2. The molecule has 0 radical (unpaired) electrons. The van der Waals surface area contributed by atoms with Gasteiger partial charge in [0.25, 0.3) is 0 Å². The summed E-state index contributed by atoms with van der Waals surface area (Å²) in [6.07, 6.45) is 2.85. The summed E-state index contributed by atoms with van der Waals surface area (Å²) in [6, 6.07) is 33.8. The lowest BCUT2D eigenvalue weighted by Crippen LogP contribution is -2.25. The molecule has 0 unspecified atom stereocenters. The van der Waals surface area contributed by atoms with Crippen LogP contribution in [0.5, 0.6) is 11.5 Å². The molecule has 0 saturated heterocycles. The van der Waals surface area contributed by atoms with Crippen molar-refractivity contribution in [1.29, 1.82) is 0 Å². The van der Waals surface area contributed by atoms with Crippen LogP contribution in [0.25, 0.3) is 11.4 Å². The van der Waals surface area contributed by atoms with Crippen LogP contribution in [-0.4, -0.2) is 21.2 Å². The first-order valence-electron chi connectivity index (χ1n) is 13.2. The quantitative estimate of drug-likeness (QED) is 0.202. The Morgan fingerprint density at radius 1 is 0.744 bits per heavy atom. The Bertz CT molecular complexity index is 1540. The van der Waals surface area contributed by atoms with Gasteiger partial charge >= 0.3 is 0 Å². The topological polar surface area (TPSA) is 39.5 Å². The van der Waals surface area contributed by atoms with Crippen LogP contribution in [0.4, 0.5) is 4.39 Å². The van der Waals surface area contributed by atoms with Gasteiger partial charge in [-0.3, -0.25) is 4.90 Å². The van der Waals surface area contributed by atoms with Crippen molar-refractivity contribution in [2.45, 2.75) is 32.6 Å². The Labute approximate surface area is 228 Å². The molecule has 4 aromatic carbocycles. The highest BCUT2D eigenvalue weighted by molar-refractivity contribution is 5.56. The molecule has 0 spiro atoms. The number of hydrogen-bond donors (Lipinski definition) is 0. The summed E-state index contributed by atoms with van der Waals surface area (Å²) in [4.78, 5) is 7.11. The molecule has 2 heterocycles. The van der Waals surface area contributed by atoms with Crippen LogP contribution in [0.1, 0.15) is 22.4 Å². The normalized spacial score (nSPS) is 12.3. The van der Waals surface area contributed by atoms with Gasteiger partial charge in [0.15, 0.2) is 11.5 Å². The number of hydrogen-bond acceptors (Lipinski definition) is 4. The lowest BCUT2D eigenvalue weighted by Gasteiger charge is -2.24. The average Bonchev–Trinajstić information content (AvgIpc) is 3.61. The zero-order valence-electron chi connectivity index (χ0n) is 21.7. The highest BCUT2D eigenvalue weighted by Gasteiger charge is 2.19. The van der Waals surface area contributed by atoms with Crippen LogP contribution in [0.2, 0.25) is 0 Å². The van der Waals surface area contributed by atoms with Crippen molar-refractivity contribution in [1.82, 2.24) is 14.5 Å². The molecule has 196 valence electrons. The maximum Gasteiger partial charge on any atom is 0.231 e. The second-order valence-corrected chi connectivity index (χ2v) is 9.75. The van der Waals surface area contributed by atoms with E-state index in [1.54, 1.807) is 6.07 Å². The molecule has 1 aromatic heterocycles. The molecular weight excluding hydrogens is 489 g/mol. The zero-order chi connectivity index (χ0) is 26.4. The number of imidazole rings is 1. The van der Waals surface area contributed by atoms with E-state index < -0.39 is 0 Å². The lowest BCUT2D eigenvalue weighted by atomic mass is 10.1. The van der Waals surface area contributed by atoms with E-state index in [-0.39, 0.29) is 12.6 Å². The summed E-state index contributed by atoms with van der Waals surface area (Å²) in [6.45, 7) is 2.72. The van der Waals surface area contributed by atoms with E-state index in [1.165, 1.54) is 11.6 Å². The highest BCUT2D eigenvalue weighted by atomic mass is 19.1. The number of benzene rings is 4. The van der Waals surface area contributed by atoms with Gasteiger partial charge < -0.3 is 14.0 Å². The Morgan fingerprint density at radius 3 is 2.31 bits per heavy atom. The first-order valence-corrected chi connectivity index (χ1v) is 13.2. The molecule has 1 aliphatic rings. The average molecular weight is 520 g/mol. The number of rotatable bonds is 10. The van der Waals surface area contributed by atoms with E-state index in [1.807, 2.05) is 60.8 Å². The molecule has 0 amide bonds. The van der Waals surface area contributed by atoms with Crippen LogP contribution in [-0.2, 0) is 32.6 Å². The van der Waals surface area contributed by atoms with Crippen LogP contribution in [0.15, 0.2) is 109 Å². The zero-order valence-corrected chi connectivity index (χ0v) is 21.7. The summed E-state index contributed by atoms with van der Waals surface area (Å²) < 4.78 is 28.1. The molecule has 0 aliphatic carbocycles. The van der Waals surface area contributed by atoms with E-state index in [4.69, 9.17) is 14.5 Å². The van der Waals surface area contributed by atoms with Gasteiger partial charge in [0, 0.05) is 37.3 Å². The number of nitrogens with zero attached hydrogens (tertiary/aromatic N) is 3. The molecule has 0 fully saturated rings. The van der Waals surface area contributed by atoms with Gasteiger partial charge in [-0.2, -0.15) is 0 Å². The third-order valence-corrected chi connectivity index (χ3v) is 7.02. The third-order valence-electron chi connectivity index (χ3n) is 7.02. The minimum absolute atomic E-state index is 0.198. The van der Waals surface area contributed by atoms with Gasteiger partial charge in [-0.15, -0.1) is 0 Å². The van der Waals surface area contributed by atoms with Crippen LogP contribution < -0.4 is 9.47 Å². The monoisotopic (exact) mass is 519 g/mol. The largest absolute Gasteiger partial charge is 0.454 e. The van der Waals surface area contributed by atoms with Gasteiger partial charge in [-0.25, -0.2) is 9.37 Å². The minimum atomic E-state index is -0.198. The van der Waals surface area contributed by atoms with Gasteiger partial charge in [-0.1, -0.05) is 84.9 Å². The van der Waals surface area contributed by atoms with E-state index in [2.05, 4.69) is 45.9 Å². The van der Waals surface area contributed by atoms with Crippen molar-refractivity contribution in [2.75, 3.05) is 6.79 Å². The van der Waals surface area contributed by atoms with E-state index in [9.17, 15) is 4.39 Å². The molecule has 1 aliphatic heterocycles. The second-order valence-electron chi connectivity index (χ2n) is 9.75. The van der Waals surface area contributed by atoms with Crippen molar-refractivity contribution in [2.24, 2.45) is 0 Å². The van der Waals surface area contributed by atoms with Crippen LogP contribution >= 0.6 is 0 Å². The molecule has 39 heavy (non-hydrogen) atoms. The number of ether oxygens (including phenoxy) is 2. The third kappa shape index (κ3) is 5.86. The number of halogens is 1. The maximum absolute atomic E-state index is 14.7. The number of fused-ring (bicyclic) bond motifs is 1. The van der Waals surface area contributed by atoms with Crippen molar-refractivity contribution in [3.05, 3.63) is 138 Å². The highest BCUT2D eigenvalue weighted by Crippen LogP contribution is 2.33. The molecule has 0 atom stereocenters. The van der Waals surface area contributed by atoms with E-state index in [0.717, 1.165) is 47.1 Å². The minimum Gasteiger partial charge on any atom is -0.454 e. The standard InChI is InChI=1S/C33H30FN3O2/c34-30-14-8-7-13-28(30)22-36(21-26-15-16-31-32(19-26)39-24-38-31)23-29-20-35-33(27-11-5-2-6-12-27)37(29)18-17-25-9-3-1-4-10-25/h1-16,19-20H,17-18,21-24H2. The molecule has 0 N–H and O–H groups in total.